The maximum Gasteiger partial charge on any atom is 0.315 e. The molecule has 0 unspecified atom stereocenters. The maximum atomic E-state index is 11.8. The van der Waals surface area contributed by atoms with Crippen LogP contribution in [0, 0.1) is 13.8 Å². The first kappa shape index (κ1) is 13.7. The molecule has 0 aliphatic rings. The van der Waals surface area contributed by atoms with E-state index in [0.29, 0.717) is 11.5 Å². The Morgan fingerprint density at radius 1 is 0.950 bits per heavy atom. The molecule has 20 heavy (non-hydrogen) atoms. The Morgan fingerprint density at radius 3 is 2.30 bits per heavy atom. The Bertz CT molecular complexity index is 636. The van der Waals surface area contributed by atoms with Crippen LogP contribution in [0.15, 0.2) is 42.6 Å². The summed E-state index contributed by atoms with van der Waals surface area (Å²) in [7, 11) is 0. The molecular formula is C15H15N3O2. The third-order valence-corrected chi connectivity index (χ3v) is 2.75. The van der Waals surface area contributed by atoms with Crippen molar-refractivity contribution in [1.82, 2.24) is 4.98 Å². The smallest absolute Gasteiger partial charge is 0.315 e. The van der Waals surface area contributed by atoms with Gasteiger partial charge in [0.1, 0.15) is 5.82 Å². The second-order valence-electron chi connectivity index (χ2n) is 4.44. The van der Waals surface area contributed by atoms with Crippen molar-refractivity contribution in [3.63, 3.8) is 0 Å². The molecule has 0 aliphatic heterocycles. The lowest BCUT2D eigenvalue weighted by molar-refractivity contribution is -0.133. The van der Waals surface area contributed by atoms with Gasteiger partial charge in [0.05, 0.1) is 0 Å². The number of amides is 2. The zero-order chi connectivity index (χ0) is 14.5. The average molecular weight is 269 g/mol. The molecule has 1 aromatic carbocycles. The summed E-state index contributed by atoms with van der Waals surface area (Å²) in [6, 6.07) is 10.7. The average Bonchev–Trinajstić information content (AvgIpc) is 2.44. The second kappa shape index (κ2) is 5.97. The van der Waals surface area contributed by atoms with Gasteiger partial charge in [-0.05, 0) is 37.1 Å². The lowest BCUT2D eigenvalue weighted by Crippen LogP contribution is -2.29. The second-order valence-corrected chi connectivity index (χ2v) is 4.44. The molecule has 0 fully saturated rings. The highest BCUT2D eigenvalue weighted by molar-refractivity contribution is 6.43. The van der Waals surface area contributed by atoms with E-state index in [0.717, 1.165) is 11.1 Å². The number of benzene rings is 1. The molecule has 1 heterocycles. The Labute approximate surface area is 117 Å². The van der Waals surface area contributed by atoms with Gasteiger partial charge < -0.3 is 10.6 Å². The van der Waals surface area contributed by atoms with E-state index in [1.165, 1.54) is 0 Å². The summed E-state index contributed by atoms with van der Waals surface area (Å²) in [5.41, 5.74) is 2.49. The van der Waals surface area contributed by atoms with Crippen molar-refractivity contribution in [3.8, 4) is 0 Å². The molecule has 2 N–H and O–H groups in total. The standard InChI is InChI=1S/C15H15N3O2/c1-10-7-8-13(16-9-10)18-15(20)14(19)17-12-6-4-3-5-11(12)2/h3-9H,1-2H3,(H,17,19)(H,16,18,20). The highest BCUT2D eigenvalue weighted by Gasteiger charge is 2.15. The predicted molar refractivity (Wildman–Crippen MR) is 77.4 cm³/mol. The molecule has 2 aromatic rings. The van der Waals surface area contributed by atoms with Gasteiger partial charge in [-0.1, -0.05) is 24.3 Å². The molecular weight excluding hydrogens is 254 g/mol. The molecule has 0 spiro atoms. The van der Waals surface area contributed by atoms with Crippen molar-refractivity contribution in [1.29, 1.82) is 0 Å². The zero-order valence-electron chi connectivity index (χ0n) is 11.3. The molecule has 0 saturated carbocycles. The largest absolute Gasteiger partial charge is 0.318 e. The number of para-hydroxylation sites is 1. The highest BCUT2D eigenvalue weighted by Crippen LogP contribution is 2.13. The monoisotopic (exact) mass is 269 g/mol. The minimum Gasteiger partial charge on any atom is -0.318 e. The Balaban J connectivity index is 2.01. The molecule has 0 saturated heterocycles. The van der Waals surface area contributed by atoms with E-state index in [4.69, 9.17) is 0 Å². The molecule has 102 valence electrons. The number of carbonyl (C=O) groups excluding carboxylic acids is 2. The van der Waals surface area contributed by atoms with Crippen LogP contribution < -0.4 is 10.6 Å². The third kappa shape index (κ3) is 3.41. The molecule has 0 bridgehead atoms. The van der Waals surface area contributed by atoms with Crippen molar-refractivity contribution in [2.75, 3.05) is 10.6 Å². The molecule has 0 atom stereocenters. The first-order valence-electron chi connectivity index (χ1n) is 6.17. The Morgan fingerprint density at radius 2 is 1.65 bits per heavy atom. The summed E-state index contributed by atoms with van der Waals surface area (Å²) in [5, 5.41) is 5.01. The number of hydrogen-bond acceptors (Lipinski definition) is 3. The Kier molecular flexibility index (Phi) is 4.10. The molecule has 2 amide bonds. The van der Waals surface area contributed by atoms with Gasteiger partial charge in [0, 0.05) is 11.9 Å². The van der Waals surface area contributed by atoms with E-state index in [-0.39, 0.29) is 0 Å². The van der Waals surface area contributed by atoms with Crippen LogP contribution in [0.4, 0.5) is 11.5 Å². The number of nitrogens with one attached hydrogen (secondary N) is 2. The highest BCUT2D eigenvalue weighted by atomic mass is 16.2. The number of aromatic nitrogens is 1. The fraction of sp³-hybridized carbons (Fsp3) is 0.133. The van der Waals surface area contributed by atoms with Crippen LogP contribution in [-0.4, -0.2) is 16.8 Å². The van der Waals surface area contributed by atoms with Gasteiger partial charge >= 0.3 is 11.8 Å². The van der Waals surface area contributed by atoms with E-state index in [2.05, 4.69) is 15.6 Å². The van der Waals surface area contributed by atoms with Crippen molar-refractivity contribution < 1.29 is 9.59 Å². The van der Waals surface area contributed by atoms with Crippen LogP contribution >= 0.6 is 0 Å². The quantitative estimate of drug-likeness (QED) is 0.822. The van der Waals surface area contributed by atoms with Gasteiger partial charge in [-0.15, -0.1) is 0 Å². The van der Waals surface area contributed by atoms with Crippen LogP contribution in [0.1, 0.15) is 11.1 Å². The van der Waals surface area contributed by atoms with Gasteiger partial charge in [0.15, 0.2) is 0 Å². The number of carbonyl (C=O) groups is 2. The van der Waals surface area contributed by atoms with Crippen molar-refractivity contribution in [3.05, 3.63) is 53.7 Å². The van der Waals surface area contributed by atoms with Crippen molar-refractivity contribution in [2.24, 2.45) is 0 Å². The van der Waals surface area contributed by atoms with Crippen LogP contribution in [0.25, 0.3) is 0 Å². The third-order valence-electron chi connectivity index (χ3n) is 2.75. The number of aryl methyl sites for hydroxylation is 2. The van der Waals surface area contributed by atoms with Gasteiger partial charge in [-0.25, -0.2) is 4.98 Å². The Hall–Kier alpha value is -2.69. The maximum absolute atomic E-state index is 11.8. The van der Waals surface area contributed by atoms with Gasteiger partial charge in [0.2, 0.25) is 0 Å². The minimum atomic E-state index is -0.746. The van der Waals surface area contributed by atoms with E-state index in [9.17, 15) is 9.59 Å². The van der Waals surface area contributed by atoms with E-state index >= 15 is 0 Å². The summed E-state index contributed by atoms with van der Waals surface area (Å²) in [6.45, 7) is 3.75. The number of hydrogen-bond donors (Lipinski definition) is 2. The molecule has 5 heteroatoms. The molecule has 0 aliphatic carbocycles. The van der Waals surface area contributed by atoms with Gasteiger partial charge in [-0.3, -0.25) is 9.59 Å². The van der Waals surface area contributed by atoms with Crippen LogP contribution in [0.3, 0.4) is 0 Å². The first-order valence-corrected chi connectivity index (χ1v) is 6.17. The van der Waals surface area contributed by atoms with E-state index in [1.807, 2.05) is 32.0 Å². The van der Waals surface area contributed by atoms with E-state index in [1.54, 1.807) is 24.4 Å². The molecule has 2 rings (SSSR count). The lowest BCUT2D eigenvalue weighted by atomic mass is 10.2. The van der Waals surface area contributed by atoms with E-state index < -0.39 is 11.8 Å². The minimum absolute atomic E-state index is 0.348. The molecule has 5 nitrogen and oxygen atoms in total. The van der Waals surface area contributed by atoms with Gasteiger partial charge in [-0.2, -0.15) is 0 Å². The topological polar surface area (TPSA) is 71.1 Å². The van der Waals surface area contributed by atoms with Crippen molar-refractivity contribution >= 4 is 23.3 Å². The number of rotatable bonds is 2. The number of anilines is 2. The summed E-state index contributed by atoms with van der Waals surface area (Å²) < 4.78 is 0. The van der Waals surface area contributed by atoms with Crippen LogP contribution in [0.5, 0.6) is 0 Å². The lowest BCUT2D eigenvalue weighted by Gasteiger charge is -2.08. The molecule has 0 radical (unpaired) electrons. The summed E-state index contributed by atoms with van der Waals surface area (Å²) >= 11 is 0. The fourth-order valence-electron chi connectivity index (χ4n) is 1.61. The number of nitrogens with zero attached hydrogens (tertiary/aromatic N) is 1. The van der Waals surface area contributed by atoms with Crippen LogP contribution in [0.2, 0.25) is 0 Å². The summed E-state index contributed by atoms with van der Waals surface area (Å²) in [6.07, 6.45) is 1.62. The van der Waals surface area contributed by atoms with Crippen molar-refractivity contribution in [2.45, 2.75) is 13.8 Å². The summed E-state index contributed by atoms with van der Waals surface area (Å²) in [4.78, 5) is 27.5. The fourth-order valence-corrected chi connectivity index (χ4v) is 1.61. The normalized spacial score (nSPS) is 9.90. The zero-order valence-corrected chi connectivity index (χ0v) is 11.3. The molecule has 1 aromatic heterocycles. The summed E-state index contributed by atoms with van der Waals surface area (Å²) in [5.74, 6) is -1.12. The van der Waals surface area contributed by atoms with Crippen LogP contribution in [-0.2, 0) is 9.59 Å². The SMILES string of the molecule is Cc1ccc(NC(=O)C(=O)Nc2ccccc2C)nc1. The van der Waals surface area contributed by atoms with Gasteiger partial charge in [0.25, 0.3) is 0 Å². The number of pyridine rings is 1. The first-order chi connectivity index (χ1) is 9.56. The predicted octanol–water partition coefficient (Wildman–Crippen LogP) is 2.28.